The van der Waals surface area contributed by atoms with E-state index >= 15 is 0 Å². The van der Waals surface area contributed by atoms with Crippen molar-refractivity contribution in [2.24, 2.45) is 0 Å². The predicted molar refractivity (Wildman–Crippen MR) is 48.9 cm³/mol. The van der Waals surface area contributed by atoms with Crippen LogP contribution in [-0.2, 0) is 9.47 Å². The molecule has 2 heterocycles. The summed E-state index contributed by atoms with van der Waals surface area (Å²) >= 11 is 6.45. The molecular formula is C6H7BO2S2. The average molecular weight is 186 g/mol. The van der Waals surface area contributed by atoms with Crippen LogP contribution in [0.25, 0.3) is 0 Å². The highest BCUT2D eigenvalue weighted by molar-refractivity contribution is 8.02. The lowest BCUT2D eigenvalue weighted by molar-refractivity contribution is 0.180. The number of ether oxygens (including phenoxy) is 2. The molecule has 0 bridgehead atoms. The molecule has 2 aliphatic rings. The van der Waals surface area contributed by atoms with E-state index < -0.39 is 0 Å². The van der Waals surface area contributed by atoms with Crippen molar-refractivity contribution in [2.45, 2.75) is 29.5 Å². The smallest absolute Gasteiger partial charge is 0.353 e. The average Bonchev–Trinajstić information content (AvgIpc) is 2.38. The van der Waals surface area contributed by atoms with Crippen molar-refractivity contribution in [3.05, 3.63) is 0 Å². The minimum Gasteiger partial charge on any atom is -0.449 e. The molecule has 58 valence electrons. The fraction of sp³-hybridized carbons (Fsp3) is 0.833. The Labute approximate surface area is 76.4 Å². The van der Waals surface area contributed by atoms with Gasteiger partial charge in [-0.15, -0.1) is 0 Å². The molecule has 2 saturated heterocycles. The molecule has 2 radical (unpaired) electrons. The largest absolute Gasteiger partial charge is 0.449 e. The summed E-state index contributed by atoms with van der Waals surface area (Å²) in [5.41, 5.74) is 0. The first-order chi connectivity index (χ1) is 5.18. The molecule has 5 heteroatoms. The van der Waals surface area contributed by atoms with E-state index in [-0.39, 0.29) is 22.6 Å². The van der Waals surface area contributed by atoms with Gasteiger partial charge in [-0.25, -0.2) is 0 Å². The summed E-state index contributed by atoms with van der Waals surface area (Å²) in [5, 5.41) is 0.647. The summed E-state index contributed by atoms with van der Waals surface area (Å²) in [4.78, 5) is 0. The Morgan fingerprint density at radius 3 is 2.73 bits per heavy atom. The van der Waals surface area contributed by atoms with Crippen LogP contribution < -0.4 is 0 Å². The zero-order chi connectivity index (χ0) is 8.01. The Kier molecular flexibility index (Phi) is 1.80. The highest BCUT2D eigenvalue weighted by Crippen LogP contribution is 2.39. The Morgan fingerprint density at radius 2 is 2.09 bits per heavy atom. The Bertz CT molecular complexity index is 181. The molecule has 2 nitrogen and oxygen atoms in total. The van der Waals surface area contributed by atoms with Gasteiger partial charge in [0.15, 0.2) is 6.10 Å². The summed E-state index contributed by atoms with van der Waals surface area (Å²) in [6, 6.07) is 0. The molecule has 2 aliphatic heterocycles. The lowest BCUT2D eigenvalue weighted by Gasteiger charge is -2.08. The third-order valence-electron chi connectivity index (χ3n) is 1.95. The molecule has 0 aromatic heterocycles. The Morgan fingerprint density at radius 1 is 1.45 bits per heavy atom. The van der Waals surface area contributed by atoms with Crippen molar-refractivity contribution < 1.29 is 9.47 Å². The maximum Gasteiger partial charge on any atom is 0.353 e. The number of fused-ring (bicyclic) bond motifs is 1. The van der Waals surface area contributed by atoms with Gasteiger partial charge < -0.3 is 9.47 Å². The number of hydrogen-bond acceptors (Lipinski definition) is 4. The summed E-state index contributed by atoms with van der Waals surface area (Å²) in [5.74, 6) is 0. The van der Waals surface area contributed by atoms with E-state index in [0.717, 1.165) is 0 Å². The van der Waals surface area contributed by atoms with Crippen molar-refractivity contribution in [1.29, 1.82) is 0 Å². The van der Waals surface area contributed by atoms with Gasteiger partial charge in [0.2, 0.25) is 0 Å². The van der Waals surface area contributed by atoms with Crippen molar-refractivity contribution in [1.82, 2.24) is 0 Å². The van der Waals surface area contributed by atoms with E-state index in [1.165, 1.54) is 0 Å². The van der Waals surface area contributed by atoms with Crippen molar-refractivity contribution in [3.8, 4) is 0 Å². The Hall–Kier alpha value is 0.105. The van der Waals surface area contributed by atoms with E-state index in [2.05, 4.69) is 6.92 Å². The van der Waals surface area contributed by atoms with E-state index in [0.29, 0.717) is 5.25 Å². The molecule has 2 fully saturated rings. The summed E-state index contributed by atoms with van der Waals surface area (Å²) in [6.45, 7) is 2.08. The van der Waals surface area contributed by atoms with E-state index in [1.807, 2.05) is 0 Å². The highest BCUT2D eigenvalue weighted by atomic mass is 32.2. The third kappa shape index (κ3) is 1.14. The van der Waals surface area contributed by atoms with Crippen LogP contribution in [0.2, 0.25) is 0 Å². The summed E-state index contributed by atoms with van der Waals surface area (Å²) in [7, 11) is 5.77. The predicted octanol–water partition coefficient (Wildman–Crippen LogP) is 0.685. The molecule has 4 atom stereocenters. The quantitative estimate of drug-likeness (QED) is 0.409. The first kappa shape index (κ1) is 7.74. The van der Waals surface area contributed by atoms with Gasteiger partial charge in [-0.1, -0.05) is 0 Å². The van der Waals surface area contributed by atoms with Gasteiger partial charge >= 0.3 is 5.24 Å². The molecule has 0 amide bonds. The van der Waals surface area contributed by atoms with E-state index in [9.17, 15) is 0 Å². The van der Waals surface area contributed by atoms with Crippen LogP contribution in [0.15, 0.2) is 0 Å². The standard InChI is InChI=1S/C6H7BO2S2/c1-2-3-4(5(7)11-2)9-6(10)8-3/h2-5H,1H3. The van der Waals surface area contributed by atoms with Crippen molar-refractivity contribution in [3.63, 3.8) is 0 Å². The molecule has 0 N–H and O–H groups in total. The molecule has 11 heavy (non-hydrogen) atoms. The van der Waals surface area contributed by atoms with E-state index in [1.54, 1.807) is 11.8 Å². The second-order valence-corrected chi connectivity index (χ2v) is 4.61. The molecule has 0 aromatic rings. The van der Waals surface area contributed by atoms with Crippen LogP contribution in [0.3, 0.4) is 0 Å². The normalized spacial score (nSPS) is 48.3. The monoisotopic (exact) mass is 186 g/mol. The zero-order valence-electron chi connectivity index (χ0n) is 6.02. The minimum absolute atomic E-state index is 0.00968. The van der Waals surface area contributed by atoms with Crippen LogP contribution in [-0.4, -0.2) is 35.7 Å². The first-order valence-electron chi connectivity index (χ1n) is 3.47. The van der Waals surface area contributed by atoms with Gasteiger partial charge in [-0.2, -0.15) is 11.8 Å². The Balaban J connectivity index is 2.16. The molecular weight excluding hydrogens is 179 g/mol. The second kappa shape index (κ2) is 2.56. The van der Waals surface area contributed by atoms with Crippen LogP contribution in [0.5, 0.6) is 0 Å². The van der Waals surface area contributed by atoms with Gasteiger partial charge in [0.1, 0.15) is 6.10 Å². The van der Waals surface area contributed by atoms with Gasteiger partial charge in [-0.3, -0.25) is 0 Å². The molecule has 2 rings (SSSR count). The molecule has 0 aromatic carbocycles. The van der Waals surface area contributed by atoms with Crippen molar-refractivity contribution in [2.75, 3.05) is 0 Å². The number of thiocarbonyl (C=S) groups is 1. The summed E-state index contributed by atoms with van der Waals surface area (Å²) < 4.78 is 10.5. The van der Waals surface area contributed by atoms with Gasteiger partial charge in [0.05, 0.1) is 7.85 Å². The molecule has 0 spiro atoms. The fourth-order valence-corrected chi connectivity index (χ4v) is 2.85. The van der Waals surface area contributed by atoms with Crippen LogP contribution in [0.1, 0.15) is 6.92 Å². The number of thioether (sulfide) groups is 1. The van der Waals surface area contributed by atoms with Crippen molar-refractivity contribution >= 4 is 37.1 Å². The minimum atomic E-state index is -0.0255. The van der Waals surface area contributed by atoms with Gasteiger partial charge in [-0.05, 0) is 6.92 Å². The van der Waals surface area contributed by atoms with Crippen LogP contribution in [0.4, 0.5) is 0 Å². The van der Waals surface area contributed by atoms with Crippen LogP contribution in [0, 0.1) is 0 Å². The highest BCUT2D eigenvalue weighted by Gasteiger charge is 2.47. The fourth-order valence-electron chi connectivity index (χ4n) is 1.40. The molecule has 0 aliphatic carbocycles. The molecule has 4 unspecified atom stereocenters. The van der Waals surface area contributed by atoms with Gasteiger partial charge in [0.25, 0.3) is 0 Å². The SMILES string of the molecule is [B]C1SC(C)C2OC(=S)OC12. The lowest BCUT2D eigenvalue weighted by Crippen LogP contribution is -2.28. The maximum atomic E-state index is 5.77. The topological polar surface area (TPSA) is 18.5 Å². The van der Waals surface area contributed by atoms with E-state index in [4.69, 9.17) is 29.5 Å². The molecule has 0 saturated carbocycles. The number of rotatable bonds is 0. The third-order valence-corrected chi connectivity index (χ3v) is 3.42. The zero-order valence-corrected chi connectivity index (χ0v) is 7.65. The lowest BCUT2D eigenvalue weighted by atomic mass is 9.95. The second-order valence-electron chi connectivity index (χ2n) is 2.72. The first-order valence-corrected chi connectivity index (χ1v) is 4.82. The van der Waals surface area contributed by atoms with Crippen LogP contribution >= 0.6 is 24.0 Å². The number of hydrogen-bond donors (Lipinski definition) is 0. The summed E-state index contributed by atoms with van der Waals surface area (Å²) in [6.07, 6.45) is 0.0463. The van der Waals surface area contributed by atoms with Gasteiger partial charge in [0, 0.05) is 22.6 Å². The maximum absolute atomic E-state index is 5.77.